The summed E-state index contributed by atoms with van der Waals surface area (Å²) >= 11 is 1.41. The van der Waals surface area contributed by atoms with Crippen LogP contribution in [0.25, 0.3) is 10.2 Å². The largest absolute Gasteiger partial charge is 0.493 e. The molecule has 1 amide bonds. The summed E-state index contributed by atoms with van der Waals surface area (Å²) in [5.41, 5.74) is 3.48. The number of methoxy groups -OCH3 is 2. The van der Waals surface area contributed by atoms with Gasteiger partial charge in [0.25, 0.3) is 5.91 Å². The van der Waals surface area contributed by atoms with E-state index in [2.05, 4.69) is 33.1 Å². The number of hydrogen-bond acceptors (Lipinski definition) is 8. The lowest BCUT2D eigenvalue weighted by Gasteiger charge is -2.34. The summed E-state index contributed by atoms with van der Waals surface area (Å²) in [6, 6.07) is 6.48. The highest BCUT2D eigenvalue weighted by Gasteiger charge is 2.27. The van der Waals surface area contributed by atoms with Crippen molar-refractivity contribution in [2.45, 2.75) is 26.5 Å². The number of carbonyl (C=O) groups excluding carboxylic acids is 1. The van der Waals surface area contributed by atoms with Gasteiger partial charge in [-0.25, -0.2) is 4.98 Å². The Morgan fingerprint density at radius 2 is 2.00 bits per heavy atom. The van der Waals surface area contributed by atoms with Crippen LogP contribution in [-0.4, -0.2) is 72.7 Å². The molecular formula is C24H28N4O4S. The number of aromatic nitrogens is 2. The Kier molecular flexibility index (Phi) is 6.18. The number of amides is 1. The molecule has 4 heterocycles. The fourth-order valence-electron chi connectivity index (χ4n) is 4.54. The van der Waals surface area contributed by atoms with Crippen LogP contribution in [-0.2, 0) is 24.3 Å². The van der Waals surface area contributed by atoms with E-state index in [0.29, 0.717) is 36.3 Å². The molecule has 8 nitrogen and oxygen atoms in total. The van der Waals surface area contributed by atoms with Crippen LogP contribution in [0.5, 0.6) is 11.6 Å². The molecule has 1 aromatic carbocycles. The van der Waals surface area contributed by atoms with Crippen LogP contribution in [0.2, 0.25) is 0 Å². The van der Waals surface area contributed by atoms with Crippen molar-refractivity contribution in [3.63, 3.8) is 0 Å². The molecule has 0 N–H and O–H groups in total. The van der Waals surface area contributed by atoms with E-state index in [1.54, 1.807) is 14.2 Å². The van der Waals surface area contributed by atoms with Gasteiger partial charge < -0.3 is 19.1 Å². The van der Waals surface area contributed by atoms with Crippen molar-refractivity contribution in [3.05, 3.63) is 45.6 Å². The number of aryl methyl sites for hydroxylation is 1. The summed E-state index contributed by atoms with van der Waals surface area (Å²) in [5.74, 6) is 2.11. The molecule has 0 atom stereocenters. The quantitative estimate of drug-likeness (QED) is 0.550. The average molecular weight is 469 g/mol. The lowest BCUT2D eigenvalue weighted by atomic mass is 10.1. The third-order valence-electron chi connectivity index (χ3n) is 6.28. The molecule has 1 saturated heterocycles. The summed E-state index contributed by atoms with van der Waals surface area (Å²) in [6.45, 7) is 7.03. The second-order valence-corrected chi connectivity index (χ2v) is 9.43. The first-order valence-electron chi connectivity index (χ1n) is 11.2. The van der Waals surface area contributed by atoms with Gasteiger partial charge in [0.1, 0.15) is 17.2 Å². The molecule has 1 fully saturated rings. The fraction of sp³-hybridized carbons (Fsp3) is 0.458. The highest BCUT2D eigenvalue weighted by molar-refractivity contribution is 7.20. The van der Waals surface area contributed by atoms with Gasteiger partial charge in [0.05, 0.1) is 24.0 Å². The molecule has 9 heteroatoms. The predicted molar refractivity (Wildman–Crippen MR) is 126 cm³/mol. The summed E-state index contributed by atoms with van der Waals surface area (Å²) in [7, 11) is 3.19. The lowest BCUT2D eigenvalue weighted by molar-refractivity contribution is 0.0632. The number of benzene rings is 1. The number of nitrogens with zero attached hydrogens (tertiary/aromatic N) is 4. The maximum atomic E-state index is 13.4. The lowest BCUT2D eigenvalue weighted by Crippen LogP contribution is -2.48. The molecular weight excluding hydrogens is 440 g/mol. The van der Waals surface area contributed by atoms with Crippen molar-refractivity contribution in [2.24, 2.45) is 0 Å². The molecule has 3 aromatic rings. The van der Waals surface area contributed by atoms with E-state index in [1.165, 1.54) is 22.5 Å². The van der Waals surface area contributed by atoms with Gasteiger partial charge in [-0.15, -0.1) is 11.3 Å². The number of rotatable bonds is 6. The molecule has 2 aromatic heterocycles. The van der Waals surface area contributed by atoms with Crippen molar-refractivity contribution in [3.8, 4) is 11.6 Å². The first-order valence-corrected chi connectivity index (χ1v) is 12.0. The van der Waals surface area contributed by atoms with Crippen molar-refractivity contribution < 1.29 is 19.0 Å². The molecule has 0 aliphatic carbocycles. The molecule has 0 bridgehead atoms. The third kappa shape index (κ3) is 4.28. The van der Waals surface area contributed by atoms with Crippen LogP contribution in [0.1, 0.15) is 32.2 Å². The second-order valence-electron chi connectivity index (χ2n) is 8.43. The topological polar surface area (TPSA) is 77.0 Å². The third-order valence-corrected chi connectivity index (χ3v) is 7.46. The van der Waals surface area contributed by atoms with E-state index >= 15 is 0 Å². The van der Waals surface area contributed by atoms with Crippen molar-refractivity contribution in [1.29, 1.82) is 0 Å². The Morgan fingerprint density at radius 1 is 1.18 bits per heavy atom. The summed E-state index contributed by atoms with van der Waals surface area (Å²) in [5, 5.41) is 0.810. The molecule has 5 rings (SSSR count). The van der Waals surface area contributed by atoms with Gasteiger partial charge in [-0.3, -0.25) is 9.69 Å². The van der Waals surface area contributed by atoms with Gasteiger partial charge in [-0.1, -0.05) is 12.1 Å². The van der Waals surface area contributed by atoms with Gasteiger partial charge in [0, 0.05) is 46.3 Å². The Bertz CT molecular complexity index is 1190. The number of fused-ring (bicyclic) bond motifs is 2. The Hall–Kier alpha value is -2.75. The number of hydrogen-bond donors (Lipinski definition) is 0. The molecule has 33 heavy (non-hydrogen) atoms. The van der Waals surface area contributed by atoms with Crippen LogP contribution in [0.3, 0.4) is 0 Å². The zero-order valence-electron chi connectivity index (χ0n) is 19.2. The Balaban J connectivity index is 1.28. The van der Waals surface area contributed by atoms with Crippen LogP contribution in [0.15, 0.2) is 18.2 Å². The highest BCUT2D eigenvalue weighted by atomic mass is 32.1. The highest BCUT2D eigenvalue weighted by Crippen LogP contribution is 2.36. The fourth-order valence-corrected chi connectivity index (χ4v) is 5.70. The second kappa shape index (κ2) is 9.24. The molecule has 2 aliphatic rings. The SMILES string of the molecule is COCc1nc(OC)c2c(C)c(C(=O)N3CCN(Cc4ccc5c(c4)CCO5)CC3)sc2n1. The van der Waals surface area contributed by atoms with E-state index < -0.39 is 0 Å². The van der Waals surface area contributed by atoms with Crippen molar-refractivity contribution in [2.75, 3.05) is 47.0 Å². The summed E-state index contributed by atoms with van der Waals surface area (Å²) in [4.78, 5) is 28.2. The average Bonchev–Trinajstić information content (AvgIpc) is 3.43. The minimum Gasteiger partial charge on any atom is -0.493 e. The first kappa shape index (κ1) is 22.1. The van der Waals surface area contributed by atoms with Gasteiger partial charge in [0.2, 0.25) is 5.88 Å². The number of piperazine rings is 1. The molecule has 0 spiro atoms. The first-order chi connectivity index (χ1) is 16.1. The monoisotopic (exact) mass is 468 g/mol. The predicted octanol–water partition coefficient (Wildman–Crippen LogP) is 3.05. The number of ether oxygens (including phenoxy) is 3. The van der Waals surface area contributed by atoms with E-state index in [4.69, 9.17) is 14.2 Å². The van der Waals surface area contributed by atoms with Crippen LogP contribution >= 0.6 is 11.3 Å². The van der Waals surface area contributed by atoms with E-state index in [0.717, 1.165) is 54.2 Å². The molecule has 0 saturated carbocycles. The minimum absolute atomic E-state index is 0.0557. The van der Waals surface area contributed by atoms with Gasteiger partial charge >= 0.3 is 0 Å². The van der Waals surface area contributed by atoms with Crippen molar-refractivity contribution in [1.82, 2.24) is 19.8 Å². The standard InChI is InChI=1S/C24H28N4O4S/c1-15-20-22(31-3)25-19(14-30-2)26-23(20)33-21(15)24(29)28-9-7-27(8-10-28)13-16-4-5-18-17(12-16)6-11-32-18/h4-5,12H,6-11,13-14H2,1-3H3. The number of thiophene rings is 1. The zero-order valence-corrected chi connectivity index (χ0v) is 20.0. The van der Waals surface area contributed by atoms with Gasteiger partial charge in [-0.2, -0.15) is 4.98 Å². The van der Waals surface area contributed by atoms with E-state index in [9.17, 15) is 4.79 Å². The Labute approximate surface area is 197 Å². The molecule has 2 aliphatic heterocycles. The summed E-state index contributed by atoms with van der Waals surface area (Å²) in [6.07, 6.45) is 0.988. The molecule has 0 radical (unpaired) electrons. The van der Waals surface area contributed by atoms with E-state index in [-0.39, 0.29) is 5.91 Å². The Morgan fingerprint density at radius 3 is 2.76 bits per heavy atom. The maximum Gasteiger partial charge on any atom is 0.264 e. The van der Waals surface area contributed by atoms with Crippen LogP contribution < -0.4 is 9.47 Å². The smallest absolute Gasteiger partial charge is 0.264 e. The minimum atomic E-state index is 0.0557. The van der Waals surface area contributed by atoms with Gasteiger partial charge in [0.15, 0.2) is 5.82 Å². The van der Waals surface area contributed by atoms with Gasteiger partial charge in [-0.05, 0) is 29.7 Å². The van der Waals surface area contributed by atoms with E-state index in [1.807, 2.05) is 11.8 Å². The van der Waals surface area contributed by atoms with Crippen LogP contribution in [0, 0.1) is 6.92 Å². The maximum absolute atomic E-state index is 13.4. The van der Waals surface area contributed by atoms with Crippen molar-refractivity contribution >= 4 is 27.5 Å². The molecule has 0 unspecified atom stereocenters. The zero-order chi connectivity index (χ0) is 22.9. The van der Waals surface area contributed by atoms with Crippen LogP contribution in [0.4, 0.5) is 0 Å². The summed E-state index contributed by atoms with van der Waals surface area (Å²) < 4.78 is 16.3. The normalized spacial score (nSPS) is 16.2. The number of carbonyl (C=O) groups is 1. The molecule has 174 valence electrons.